The van der Waals surface area contributed by atoms with Crippen LogP contribution in [0.3, 0.4) is 0 Å². The minimum atomic E-state index is -0.596. The van der Waals surface area contributed by atoms with Gasteiger partial charge in [-0.25, -0.2) is 9.37 Å². The first kappa shape index (κ1) is 19.8. The molecular formula is C18H13BrCl2FN3O2. The van der Waals surface area contributed by atoms with Gasteiger partial charge in [-0.2, -0.15) is 0 Å². The summed E-state index contributed by atoms with van der Waals surface area (Å²) in [6.45, 7) is 3.40. The summed E-state index contributed by atoms with van der Waals surface area (Å²) < 4.78 is 21.4. The summed E-state index contributed by atoms with van der Waals surface area (Å²) in [4.78, 5) is 20.8. The second-order valence-corrected chi connectivity index (χ2v) is 7.40. The van der Waals surface area contributed by atoms with Gasteiger partial charge < -0.3 is 4.74 Å². The van der Waals surface area contributed by atoms with Crippen molar-refractivity contribution in [1.82, 2.24) is 14.5 Å². The minimum absolute atomic E-state index is 0.0613. The van der Waals surface area contributed by atoms with Crippen LogP contribution in [0.5, 0.6) is 5.75 Å². The molecule has 9 heteroatoms. The smallest absolute Gasteiger partial charge is 0.277 e. The molecule has 27 heavy (non-hydrogen) atoms. The molecule has 0 N–H and O–H groups in total. The minimum Gasteiger partial charge on any atom is -0.485 e. The zero-order valence-electron chi connectivity index (χ0n) is 14.3. The number of ether oxygens (including phenoxy) is 1. The number of rotatable bonds is 4. The molecular weight excluding hydrogens is 460 g/mol. The zero-order valence-corrected chi connectivity index (χ0v) is 17.4. The molecule has 3 aromatic heterocycles. The van der Waals surface area contributed by atoms with Crippen molar-refractivity contribution in [2.45, 2.75) is 20.5 Å². The fourth-order valence-electron chi connectivity index (χ4n) is 2.51. The van der Waals surface area contributed by atoms with Gasteiger partial charge in [-0.15, -0.1) is 0 Å². The summed E-state index contributed by atoms with van der Waals surface area (Å²) in [6.07, 6.45) is 2.97. The first-order valence-electron chi connectivity index (χ1n) is 7.75. The van der Waals surface area contributed by atoms with E-state index in [0.717, 1.165) is 11.6 Å². The van der Waals surface area contributed by atoms with Crippen LogP contribution in [-0.2, 0) is 6.61 Å². The van der Waals surface area contributed by atoms with E-state index in [-0.39, 0.29) is 28.1 Å². The highest BCUT2D eigenvalue weighted by Gasteiger charge is 2.16. The van der Waals surface area contributed by atoms with Crippen molar-refractivity contribution in [1.29, 1.82) is 0 Å². The third kappa shape index (κ3) is 4.15. The number of hydrogen-bond acceptors (Lipinski definition) is 4. The maximum atomic E-state index is 13.8. The maximum absolute atomic E-state index is 13.8. The standard InChI is InChI=1S/C18H13BrCl2FN3O2/c1-9-6-24-16(19)5-14(9)25-10(2)3-15(17(21)18(25)26)27-8-13-12(22)4-11(20)7-23-13/h3-7H,8H2,1-2H3. The van der Waals surface area contributed by atoms with Gasteiger partial charge in [0.05, 0.1) is 10.7 Å². The van der Waals surface area contributed by atoms with Crippen LogP contribution in [0.15, 0.2) is 40.0 Å². The zero-order chi connectivity index (χ0) is 19.7. The van der Waals surface area contributed by atoms with Crippen LogP contribution in [0.25, 0.3) is 5.69 Å². The predicted molar refractivity (Wildman–Crippen MR) is 106 cm³/mol. The van der Waals surface area contributed by atoms with Crippen LogP contribution >= 0.6 is 39.1 Å². The van der Waals surface area contributed by atoms with Crippen LogP contribution in [0, 0.1) is 19.7 Å². The highest BCUT2D eigenvalue weighted by Crippen LogP contribution is 2.26. The molecule has 0 aliphatic heterocycles. The number of hydrogen-bond donors (Lipinski definition) is 0. The van der Waals surface area contributed by atoms with Crippen molar-refractivity contribution in [3.8, 4) is 11.4 Å². The molecule has 3 rings (SSSR count). The molecule has 0 amide bonds. The fourth-order valence-corrected chi connectivity index (χ4v) is 3.17. The number of nitrogens with zero attached hydrogens (tertiary/aromatic N) is 3. The molecule has 0 spiro atoms. The van der Waals surface area contributed by atoms with Crippen molar-refractivity contribution in [3.05, 3.63) is 78.4 Å². The predicted octanol–water partition coefficient (Wildman–Crippen LogP) is 5.03. The summed E-state index contributed by atoms with van der Waals surface area (Å²) >= 11 is 15.2. The summed E-state index contributed by atoms with van der Waals surface area (Å²) in [7, 11) is 0. The molecule has 0 fully saturated rings. The number of aryl methyl sites for hydroxylation is 2. The van der Waals surface area contributed by atoms with Gasteiger partial charge >= 0.3 is 0 Å². The molecule has 0 unspecified atom stereocenters. The lowest BCUT2D eigenvalue weighted by molar-refractivity contribution is 0.293. The summed E-state index contributed by atoms with van der Waals surface area (Å²) in [5.74, 6) is -0.446. The molecule has 0 aliphatic carbocycles. The van der Waals surface area contributed by atoms with Crippen molar-refractivity contribution < 1.29 is 9.13 Å². The second kappa shape index (κ2) is 7.96. The van der Waals surface area contributed by atoms with Crippen molar-refractivity contribution >= 4 is 39.1 Å². The molecule has 3 aromatic rings. The Hall–Kier alpha value is -1.96. The molecule has 0 saturated carbocycles. The van der Waals surface area contributed by atoms with Crippen LogP contribution in [-0.4, -0.2) is 14.5 Å². The lowest BCUT2D eigenvalue weighted by Crippen LogP contribution is -2.22. The largest absolute Gasteiger partial charge is 0.485 e. The van der Waals surface area contributed by atoms with Crippen molar-refractivity contribution in [2.24, 2.45) is 0 Å². The quantitative estimate of drug-likeness (QED) is 0.499. The molecule has 0 radical (unpaired) electrons. The Balaban J connectivity index is 1.98. The first-order valence-corrected chi connectivity index (χ1v) is 9.30. The maximum Gasteiger partial charge on any atom is 0.277 e. The Morgan fingerprint density at radius 2 is 1.93 bits per heavy atom. The van der Waals surface area contributed by atoms with Gasteiger partial charge in [0.1, 0.15) is 33.5 Å². The van der Waals surface area contributed by atoms with E-state index in [9.17, 15) is 9.18 Å². The average molecular weight is 473 g/mol. The Kier molecular flexibility index (Phi) is 5.83. The van der Waals surface area contributed by atoms with E-state index in [1.807, 2.05) is 6.92 Å². The van der Waals surface area contributed by atoms with Crippen LogP contribution in [0.2, 0.25) is 10.0 Å². The Labute approximate surface area is 172 Å². The van der Waals surface area contributed by atoms with E-state index in [4.69, 9.17) is 27.9 Å². The molecule has 140 valence electrons. The summed E-state index contributed by atoms with van der Waals surface area (Å²) in [5.41, 5.74) is 1.67. The van der Waals surface area contributed by atoms with E-state index >= 15 is 0 Å². The number of halogens is 4. The van der Waals surface area contributed by atoms with Gasteiger partial charge in [0.2, 0.25) is 0 Å². The van der Waals surface area contributed by atoms with Crippen LogP contribution < -0.4 is 10.3 Å². The summed E-state index contributed by atoms with van der Waals surface area (Å²) in [5, 5.41) is 0.0777. The summed E-state index contributed by atoms with van der Waals surface area (Å²) in [6, 6.07) is 4.49. The molecule has 0 bridgehead atoms. The molecule has 0 aliphatic rings. The lowest BCUT2D eigenvalue weighted by Gasteiger charge is -2.16. The third-order valence-electron chi connectivity index (χ3n) is 3.83. The van der Waals surface area contributed by atoms with E-state index < -0.39 is 11.4 Å². The molecule has 3 heterocycles. The SMILES string of the molecule is Cc1cnc(Br)cc1-n1c(C)cc(OCc2ncc(Cl)cc2F)c(Cl)c1=O. The Bertz CT molecular complexity index is 1090. The molecule has 0 aromatic carbocycles. The van der Waals surface area contributed by atoms with Gasteiger partial charge in [0.25, 0.3) is 5.56 Å². The average Bonchev–Trinajstić information content (AvgIpc) is 2.61. The van der Waals surface area contributed by atoms with E-state index in [2.05, 4.69) is 25.9 Å². The van der Waals surface area contributed by atoms with Gasteiger partial charge in [0, 0.05) is 24.2 Å². The van der Waals surface area contributed by atoms with Gasteiger partial charge in [-0.05, 0) is 47.5 Å². The Morgan fingerprint density at radius 3 is 2.63 bits per heavy atom. The highest BCUT2D eigenvalue weighted by atomic mass is 79.9. The van der Waals surface area contributed by atoms with Crippen molar-refractivity contribution in [2.75, 3.05) is 0 Å². The molecule has 0 saturated heterocycles. The molecule has 0 atom stereocenters. The number of pyridine rings is 3. The highest BCUT2D eigenvalue weighted by molar-refractivity contribution is 9.10. The monoisotopic (exact) mass is 471 g/mol. The second-order valence-electron chi connectivity index (χ2n) is 5.77. The lowest BCUT2D eigenvalue weighted by atomic mass is 10.2. The Morgan fingerprint density at radius 1 is 1.19 bits per heavy atom. The van der Waals surface area contributed by atoms with Gasteiger partial charge in [-0.3, -0.25) is 14.3 Å². The fraction of sp³-hybridized carbons (Fsp3) is 0.167. The van der Waals surface area contributed by atoms with Crippen LogP contribution in [0.1, 0.15) is 17.0 Å². The van der Waals surface area contributed by atoms with Gasteiger partial charge in [-0.1, -0.05) is 23.2 Å². The topological polar surface area (TPSA) is 57.0 Å². The van der Waals surface area contributed by atoms with Crippen LogP contribution in [0.4, 0.5) is 4.39 Å². The van der Waals surface area contributed by atoms with Crippen molar-refractivity contribution in [3.63, 3.8) is 0 Å². The van der Waals surface area contributed by atoms with Gasteiger partial charge in [0.15, 0.2) is 0 Å². The van der Waals surface area contributed by atoms with E-state index in [1.165, 1.54) is 10.8 Å². The first-order chi connectivity index (χ1) is 12.8. The number of aromatic nitrogens is 3. The third-order valence-corrected chi connectivity index (χ3v) is 4.82. The van der Waals surface area contributed by atoms with E-state index in [1.54, 1.807) is 25.3 Å². The normalized spacial score (nSPS) is 10.9. The van der Waals surface area contributed by atoms with E-state index in [0.29, 0.717) is 16.0 Å². The molecule has 5 nitrogen and oxygen atoms in total.